The van der Waals surface area contributed by atoms with E-state index in [1.165, 1.54) is 0 Å². The largest absolute Gasteiger partial charge is 0.497 e. The van der Waals surface area contributed by atoms with Crippen molar-refractivity contribution in [3.05, 3.63) is 94.6 Å². The average molecular weight is 446 g/mol. The van der Waals surface area contributed by atoms with E-state index in [1.807, 2.05) is 67.6 Å². The maximum Gasteiger partial charge on any atom is 0.187 e. The number of benzene rings is 2. The predicted octanol–water partition coefficient (Wildman–Crippen LogP) is 5.89. The van der Waals surface area contributed by atoms with Crippen LogP contribution in [-0.4, -0.2) is 31.8 Å². The lowest BCUT2D eigenvalue weighted by Crippen LogP contribution is -2.29. The molecule has 1 aliphatic heterocycles. The fraction of sp³-hybridized carbons (Fsp3) is 0.185. The molecule has 0 N–H and O–H groups in total. The quantitative estimate of drug-likeness (QED) is 0.521. The number of ether oxygens (including phenoxy) is 2. The van der Waals surface area contributed by atoms with E-state index in [0.29, 0.717) is 22.1 Å². The zero-order valence-electron chi connectivity index (χ0n) is 18.2. The molecule has 0 aromatic heterocycles. The van der Waals surface area contributed by atoms with E-state index in [9.17, 15) is 4.79 Å². The summed E-state index contributed by atoms with van der Waals surface area (Å²) >= 11 is 6.33. The standard InChI is InChI=1S/C27H24ClNO3/c1-17-26(24(30)14-10-18-9-12-21(31-2)16-25(18)32-3)27(19-7-5-4-6-8-19)22-15-20(28)11-13-23(22)29-17/h4-16,22-23H,1-3H3/b14-10+/t22-,23-/m1/s1. The van der Waals surface area contributed by atoms with Gasteiger partial charge in [-0.2, -0.15) is 0 Å². The first kappa shape index (κ1) is 21.8. The molecule has 162 valence electrons. The van der Waals surface area contributed by atoms with Crippen LogP contribution < -0.4 is 9.47 Å². The second-order valence-electron chi connectivity index (χ2n) is 7.60. The average Bonchev–Trinajstić information content (AvgIpc) is 2.82. The molecule has 4 rings (SSSR count). The third-order valence-electron chi connectivity index (χ3n) is 5.65. The van der Waals surface area contributed by atoms with Crippen molar-refractivity contribution in [2.75, 3.05) is 14.2 Å². The van der Waals surface area contributed by atoms with Gasteiger partial charge in [0, 0.05) is 33.9 Å². The number of methoxy groups -OCH3 is 2. The van der Waals surface area contributed by atoms with Gasteiger partial charge < -0.3 is 9.47 Å². The first-order valence-corrected chi connectivity index (χ1v) is 10.7. The summed E-state index contributed by atoms with van der Waals surface area (Å²) in [6.07, 6.45) is 9.18. The number of ketones is 1. The predicted molar refractivity (Wildman–Crippen MR) is 130 cm³/mol. The molecular weight excluding hydrogens is 422 g/mol. The van der Waals surface area contributed by atoms with Crippen molar-refractivity contribution in [3.63, 3.8) is 0 Å². The van der Waals surface area contributed by atoms with Gasteiger partial charge in [-0.3, -0.25) is 9.79 Å². The molecule has 0 amide bonds. The minimum absolute atomic E-state index is 0.0742. The smallest absolute Gasteiger partial charge is 0.187 e. The molecule has 2 aliphatic rings. The lowest BCUT2D eigenvalue weighted by atomic mass is 9.77. The number of hydrogen-bond acceptors (Lipinski definition) is 4. The molecular formula is C27H24ClNO3. The van der Waals surface area contributed by atoms with E-state index in [2.05, 4.69) is 0 Å². The number of aliphatic imine (C=N–C) groups is 1. The van der Waals surface area contributed by atoms with Crippen molar-refractivity contribution < 1.29 is 14.3 Å². The second-order valence-corrected chi connectivity index (χ2v) is 8.04. The second kappa shape index (κ2) is 9.41. The van der Waals surface area contributed by atoms with Crippen molar-refractivity contribution in [2.45, 2.75) is 13.0 Å². The Morgan fingerprint density at radius 3 is 2.59 bits per heavy atom. The minimum atomic E-state index is -0.111. The number of dihydropyridines is 1. The highest BCUT2D eigenvalue weighted by Crippen LogP contribution is 2.40. The molecule has 1 heterocycles. The number of allylic oxidation sites excluding steroid dienone is 4. The normalized spacial score (nSPS) is 20.0. The van der Waals surface area contributed by atoms with E-state index in [-0.39, 0.29) is 17.7 Å². The van der Waals surface area contributed by atoms with E-state index >= 15 is 0 Å². The molecule has 0 fully saturated rings. The molecule has 0 saturated carbocycles. The van der Waals surface area contributed by atoms with Gasteiger partial charge in [-0.1, -0.05) is 54.1 Å². The SMILES string of the molecule is COc1ccc(/C=C/C(=O)C2=C(c3ccccc3)[C@@H]3C=C(Cl)C=C[C@H]3N=C2C)c(OC)c1. The number of halogens is 1. The van der Waals surface area contributed by atoms with Crippen LogP contribution in [0.2, 0.25) is 0 Å². The number of carbonyl (C=O) groups excluding carboxylic acids is 1. The number of fused-ring (bicyclic) bond motifs is 1. The van der Waals surface area contributed by atoms with Gasteiger partial charge in [0.2, 0.25) is 0 Å². The molecule has 32 heavy (non-hydrogen) atoms. The topological polar surface area (TPSA) is 47.9 Å². The molecule has 2 aromatic rings. The number of nitrogens with zero attached hydrogens (tertiary/aromatic N) is 1. The van der Waals surface area contributed by atoms with Gasteiger partial charge >= 0.3 is 0 Å². The highest BCUT2D eigenvalue weighted by Gasteiger charge is 2.33. The molecule has 4 nitrogen and oxygen atoms in total. The maximum absolute atomic E-state index is 13.5. The van der Waals surface area contributed by atoms with Crippen LogP contribution in [0.1, 0.15) is 18.1 Å². The summed E-state index contributed by atoms with van der Waals surface area (Å²) < 4.78 is 10.7. The summed E-state index contributed by atoms with van der Waals surface area (Å²) in [5.74, 6) is 1.11. The van der Waals surface area contributed by atoms with Crippen molar-refractivity contribution in [3.8, 4) is 11.5 Å². The Bertz CT molecular complexity index is 1190. The summed E-state index contributed by atoms with van der Waals surface area (Å²) in [6, 6.07) is 15.4. The maximum atomic E-state index is 13.5. The van der Waals surface area contributed by atoms with Crippen LogP contribution in [-0.2, 0) is 4.79 Å². The van der Waals surface area contributed by atoms with Crippen LogP contribution in [0.15, 0.2) is 88.4 Å². The lowest BCUT2D eigenvalue weighted by molar-refractivity contribution is -0.110. The fourth-order valence-corrected chi connectivity index (χ4v) is 4.34. The van der Waals surface area contributed by atoms with E-state index in [4.69, 9.17) is 26.1 Å². The lowest BCUT2D eigenvalue weighted by Gasteiger charge is -2.31. The summed E-state index contributed by atoms with van der Waals surface area (Å²) in [6.45, 7) is 1.89. The zero-order chi connectivity index (χ0) is 22.7. The number of rotatable bonds is 6. The van der Waals surface area contributed by atoms with E-state index in [1.54, 1.807) is 32.4 Å². The van der Waals surface area contributed by atoms with Crippen LogP contribution in [0.3, 0.4) is 0 Å². The molecule has 2 atom stereocenters. The Labute approximate surface area is 193 Å². The molecule has 0 radical (unpaired) electrons. The van der Waals surface area contributed by atoms with Gasteiger partial charge in [-0.15, -0.1) is 0 Å². The Morgan fingerprint density at radius 1 is 1.09 bits per heavy atom. The van der Waals surface area contributed by atoms with Gasteiger partial charge in [0.1, 0.15) is 11.5 Å². The van der Waals surface area contributed by atoms with Crippen molar-refractivity contribution >= 4 is 34.7 Å². The Morgan fingerprint density at radius 2 is 1.88 bits per heavy atom. The highest BCUT2D eigenvalue weighted by atomic mass is 35.5. The molecule has 0 saturated heterocycles. The molecule has 1 aliphatic carbocycles. The molecule has 0 unspecified atom stereocenters. The van der Waals surface area contributed by atoms with Crippen LogP contribution in [0.5, 0.6) is 11.5 Å². The fourth-order valence-electron chi connectivity index (χ4n) is 4.13. The number of carbonyl (C=O) groups is 1. The Kier molecular flexibility index (Phi) is 6.42. The molecule has 5 heteroatoms. The monoisotopic (exact) mass is 445 g/mol. The Balaban J connectivity index is 1.78. The van der Waals surface area contributed by atoms with Gasteiger partial charge in [-0.05, 0) is 48.4 Å². The Hall–Kier alpha value is -3.37. The third kappa shape index (κ3) is 4.32. The summed E-state index contributed by atoms with van der Waals surface area (Å²) in [5.41, 5.74) is 4.05. The first-order chi connectivity index (χ1) is 15.5. The molecule has 0 spiro atoms. The molecule has 2 aromatic carbocycles. The van der Waals surface area contributed by atoms with Crippen LogP contribution in [0.4, 0.5) is 0 Å². The summed E-state index contributed by atoms with van der Waals surface area (Å²) in [7, 11) is 3.19. The van der Waals surface area contributed by atoms with Crippen molar-refractivity contribution in [2.24, 2.45) is 10.9 Å². The summed E-state index contributed by atoms with van der Waals surface area (Å²) in [4.78, 5) is 18.3. The van der Waals surface area contributed by atoms with E-state index < -0.39 is 0 Å². The van der Waals surface area contributed by atoms with Gasteiger partial charge in [0.15, 0.2) is 5.78 Å². The summed E-state index contributed by atoms with van der Waals surface area (Å²) in [5, 5.41) is 0.653. The van der Waals surface area contributed by atoms with Crippen LogP contribution >= 0.6 is 11.6 Å². The van der Waals surface area contributed by atoms with Gasteiger partial charge in [0.25, 0.3) is 0 Å². The minimum Gasteiger partial charge on any atom is -0.497 e. The highest BCUT2D eigenvalue weighted by molar-refractivity contribution is 6.33. The van der Waals surface area contributed by atoms with Gasteiger partial charge in [-0.25, -0.2) is 0 Å². The van der Waals surface area contributed by atoms with Crippen LogP contribution in [0.25, 0.3) is 11.6 Å². The van der Waals surface area contributed by atoms with Gasteiger partial charge in [0.05, 0.1) is 20.3 Å². The van der Waals surface area contributed by atoms with Crippen LogP contribution in [0, 0.1) is 5.92 Å². The molecule has 0 bridgehead atoms. The first-order valence-electron chi connectivity index (χ1n) is 10.4. The van der Waals surface area contributed by atoms with E-state index in [0.717, 1.165) is 22.4 Å². The third-order valence-corrected chi connectivity index (χ3v) is 5.90. The van der Waals surface area contributed by atoms with Crippen molar-refractivity contribution in [1.29, 1.82) is 0 Å². The number of hydrogen-bond donors (Lipinski definition) is 0. The van der Waals surface area contributed by atoms with Crippen molar-refractivity contribution in [1.82, 2.24) is 0 Å². The zero-order valence-corrected chi connectivity index (χ0v) is 19.0.